The molecule has 5 nitrogen and oxygen atoms in total. The number of urea groups is 1. The van der Waals surface area contributed by atoms with Crippen molar-refractivity contribution in [3.05, 3.63) is 24.3 Å². The van der Waals surface area contributed by atoms with Crippen LogP contribution < -0.4 is 15.5 Å². The quantitative estimate of drug-likeness (QED) is 0.755. The molecule has 0 saturated heterocycles. The Morgan fingerprint density at radius 3 is 2.62 bits per heavy atom. The van der Waals surface area contributed by atoms with Gasteiger partial charge in [-0.15, -0.1) is 0 Å². The van der Waals surface area contributed by atoms with Crippen molar-refractivity contribution >= 4 is 17.4 Å². The molecule has 1 atom stereocenters. The minimum Gasteiger partial charge on any atom is -0.394 e. The van der Waals surface area contributed by atoms with Crippen LogP contribution in [0.4, 0.5) is 16.2 Å². The average Bonchev–Trinajstić information content (AvgIpc) is 2.46. The molecule has 0 spiro atoms. The lowest BCUT2D eigenvalue weighted by Gasteiger charge is -2.27. The number of hydrogen-bond acceptors (Lipinski definition) is 3. The maximum atomic E-state index is 12.0. The van der Waals surface area contributed by atoms with Crippen LogP contribution >= 0.6 is 0 Å². The van der Waals surface area contributed by atoms with Gasteiger partial charge in [0.05, 0.1) is 12.1 Å². The number of aliphatic hydroxyl groups is 1. The minimum atomic E-state index is -0.601. The molecule has 0 saturated carbocycles. The van der Waals surface area contributed by atoms with Crippen molar-refractivity contribution in [2.45, 2.75) is 45.7 Å². The van der Waals surface area contributed by atoms with Crippen molar-refractivity contribution in [1.82, 2.24) is 5.32 Å². The maximum Gasteiger partial charge on any atom is 0.319 e. The molecule has 3 N–H and O–H groups in total. The van der Waals surface area contributed by atoms with Gasteiger partial charge in [-0.1, -0.05) is 13.0 Å². The van der Waals surface area contributed by atoms with Gasteiger partial charge in [-0.25, -0.2) is 4.79 Å². The summed E-state index contributed by atoms with van der Waals surface area (Å²) in [6.07, 6.45) is 0.660. The van der Waals surface area contributed by atoms with E-state index in [1.165, 1.54) is 0 Å². The molecule has 0 aliphatic carbocycles. The van der Waals surface area contributed by atoms with Crippen LogP contribution in [0.3, 0.4) is 0 Å². The van der Waals surface area contributed by atoms with Crippen molar-refractivity contribution in [1.29, 1.82) is 0 Å². The second-order valence-corrected chi connectivity index (χ2v) is 5.91. The van der Waals surface area contributed by atoms with E-state index < -0.39 is 5.54 Å². The molecule has 0 aromatic heterocycles. The molecule has 0 fully saturated rings. The standard InChI is InChI=1S/C16H27N3O2/c1-6-16(4,11-20)18-15(21)17-13-8-7-9-14(10-13)19(5)12(2)3/h7-10,12,20H,6,11H2,1-5H3,(H2,17,18,21). The number of amides is 2. The van der Waals surface area contributed by atoms with Gasteiger partial charge in [0.2, 0.25) is 0 Å². The molecule has 21 heavy (non-hydrogen) atoms. The molecule has 0 aliphatic heterocycles. The predicted octanol–water partition coefficient (Wildman–Crippen LogP) is 2.81. The van der Waals surface area contributed by atoms with E-state index in [0.717, 1.165) is 11.4 Å². The molecule has 1 aromatic rings. The highest BCUT2D eigenvalue weighted by Gasteiger charge is 2.23. The molecule has 118 valence electrons. The summed E-state index contributed by atoms with van der Waals surface area (Å²) < 4.78 is 0. The van der Waals surface area contributed by atoms with Gasteiger partial charge < -0.3 is 20.6 Å². The zero-order valence-electron chi connectivity index (χ0n) is 13.6. The van der Waals surface area contributed by atoms with Gasteiger partial charge in [0.1, 0.15) is 0 Å². The van der Waals surface area contributed by atoms with Crippen LogP contribution in [-0.2, 0) is 0 Å². The van der Waals surface area contributed by atoms with Crippen molar-refractivity contribution in [2.75, 3.05) is 23.9 Å². The first-order chi connectivity index (χ1) is 9.81. The lowest BCUT2D eigenvalue weighted by molar-refractivity contribution is 0.172. The van der Waals surface area contributed by atoms with Crippen molar-refractivity contribution in [3.8, 4) is 0 Å². The Kier molecular flexibility index (Phi) is 6.03. The van der Waals surface area contributed by atoms with Gasteiger partial charge in [-0.05, 0) is 45.4 Å². The third-order valence-electron chi connectivity index (χ3n) is 3.83. The van der Waals surface area contributed by atoms with E-state index in [1.807, 2.05) is 45.2 Å². The molecule has 1 rings (SSSR count). The number of benzene rings is 1. The second kappa shape index (κ2) is 7.31. The van der Waals surface area contributed by atoms with Crippen molar-refractivity contribution in [3.63, 3.8) is 0 Å². The molecule has 0 bridgehead atoms. The number of hydrogen-bond donors (Lipinski definition) is 3. The predicted molar refractivity (Wildman–Crippen MR) is 87.9 cm³/mol. The van der Waals surface area contributed by atoms with E-state index in [-0.39, 0.29) is 12.6 Å². The number of carbonyl (C=O) groups excluding carboxylic acids is 1. The van der Waals surface area contributed by atoms with Gasteiger partial charge in [0.15, 0.2) is 0 Å². The number of nitrogens with one attached hydrogen (secondary N) is 2. The first-order valence-electron chi connectivity index (χ1n) is 7.34. The fourth-order valence-corrected chi connectivity index (χ4v) is 1.78. The van der Waals surface area contributed by atoms with Gasteiger partial charge >= 0.3 is 6.03 Å². The highest BCUT2D eigenvalue weighted by Crippen LogP contribution is 2.20. The molecule has 0 heterocycles. The Labute approximate surface area is 127 Å². The van der Waals surface area contributed by atoms with Gasteiger partial charge in [-0.2, -0.15) is 0 Å². The summed E-state index contributed by atoms with van der Waals surface area (Å²) in [4.78, 5) is 14.1. The third kappa shape index (κ3) is 4.93. The number of rotatable bonds is 6. The molecule has 0 aliphatic rings. The minimum absolute atomic E-state index is 0.0902. The molecule has 1 aromatic carbocycles. The zero-order valence-corrected chi connectivity index (χ0v) is 13.6. The second-order valence-electron chi connectivity index (χ2n) is 5.91. The van der Waals surface area contributed by atoms with Gasteiger partial charge in [0.25, 0.3) is 0 Å². The maximum absolute atomic E-state index is 12.0. The van der Waals surface area contributed by atoms with Crippen LogP contribution in [-0.4, -0.2) is 36.4 Å². The topological polar surface area (TPSA) is 64.6 Å². The number of aliphatic hydroxyl groups excluding tert-OH is 1. The van der Waals surface area contributed by atoms with Crippen LogP contribution in [0, 0.1) is 0 Å². The molecule has 1 unspecified atom stereocenters. The summed E-state index contributed by atoms with van der Waals surface area (Å²) in [5.74, 6) is 0. The highest BCUT2D eigenvalue weighted by atomic mass is 16.3. The Morgan fingerprint density at radius 1 is 1.43 bits per heavy atom. The van der Waals surface area contributed by atoms with Gasteiger partial charge in [-0.3, -0.25) is 0 Å². The van der Waals surface area contributed by atoms with E-state index in [9.17, 15) is 9.90 Å². The Hall–Kier alpha value is -1.75. The van der Waals surface area contributed by atoms with Crippen LogP contribution in [0.2, 0.25) is 0 Å². The molecular weight excluding hydrogens is 266 g/mol. The Bertz CT molecular complexity index is 470. The monoisotopic (exact) mass is 293 g/mol. The normalized spacial score (nSPS) is 13.7. The average molecular weight is 293 g/mol. The van der Waals surface area contributed by atoms with Crippen LogP contribution in [0.5, 0.6) is 0 Å². The fourth-order valence-electron chi connectivity index (χ4n) is 1.78. The smallest absolute Gasteiger partial charge is 0.319 e. The zero-order chi connectivity index (χ0) is 16.0. The highest BCUT2D eigenvalue weighted by molar-refractivity contribution is 5.90. The molecule has 2 amide bonds. The summed E-state index contributed by atoms with van der Waals surface area (Å²) >= 11 is 0. The SMILES string of the molecule is CCC(C)(CO)NC(=O)Nc1cccc(N(C)C(C)C)c1. The van der Waals surface area contributed by atoms with E-state index in [4.69, 9.17) is 0 Å². The molecule has 5 heteroatoms. The summed E-state index contributed by atoms with van der Waals surface area (Å²) in [6.45, 7) is 7.87. The summed E-state index contributed by atoms with van der Waals surface area (Å²) in [6, 6.07) is 7.77. The van der Waals surface area contributed by atoms with E-state index in [0.29, 0.717) is 12.5 Å². The van der Waals surface area contributed by atoms with Crippen LogP contribution in [0.15, 0.2) is 24.3 Å². The lowest BCUT2D eigenvalue weighted by Crippen LogP contribution is -2.50. The largest absolute Gasteiger partial charge is 0.394 e. The molecule has 0 radical (unpaired) electrons. The fraction of sp³-hybridized carbons (Fsp3) is 0.562. The van der Waals surface area contributed by atoms with E-state index in [1.54, 1.807) is 0 Å². The lowest BCUT2D eigenvalue weighted by atomic mass is 10.0. The Balaban J connectivity index is 2.75. The number of carbonyl (C=O) groups is 1. The van der Waals surface area contributed by atoms with Crippen molar-refractivity contribution < 1.29 is 9.90 Å². The molecular formula is C16H27N3O2. The summed E-state index contributed by atoms with van der Waals surface area (Å²) in [5, 5.41) is 14.9. The first kappa shape index (κ1) is 17.3. The van der Waals surface area contributed by atoms with Crippen LogP contribution in [0.1, 0.15) is 34.1 Å². The van der Waals surface area contributed by atoms with E-state index >= 15 is 0 Å². The van der Waals surface area contributed by atoms with Crippen molar-refractivity contribution in [2.24, 2.45) is 0 Å². The summed E-state index contributed by atoms with van der Waals surface area (Å²) in [7, 11) is 2.02. The van der Waals surface area contributed by atoms with Gasteiger partial charge in [0, 0.05) is 24.5 Å². The van der Waals surface area contributed by atoms with E-state index in [2.05, 4.69) is 29.4 Å². The third-order valence-corrected chi connectivity index (χ3v) is 3.83. The van der Waals surface area contributed by atoms with Crippen LogP contribution in [0.25, 0.3) is 0 Å². The first-order valence-corrected chi connectivity index (χ1v) is 7.34. The summed E-state index contributed by atoms with van der Waals surface area (Å²) in [5.41, 5.74) is 1.17. The number of nitrogens with zero attached hydrogens (tertiary/aromatic N) is 1. The number of anilines is 2. The Morgan fingerprint density at radius 2 is 2.10 bits per heavy atom.